The van der Waals surface area contributed by atoms with Gasteiger partial charge in [0.1, 0.15) is 0 Å². The number of hydrogen-bond donors (Lipinski definition) is 0. The van der Waals surface area contributed by atoms with Crippen LogP contribution in [0.15, 0.2) is 0 Å². The predicted molar refractivity (Wildman–Crippen MR) is 71.0 cm³/mol. The molecule has 0 heteroatoms. The first-order valence-corrected chi connectivity index (χ1v) is 6.51. The molecule has 0 aliphatic heterocycles. The van der Waals surface area contributed by atoms with Crippen molar-refractivity contribution in [3.8, 4) is 0 Å². The highest BCUT2D eigenvalue weighted by atomic mass is 14.4. The lowest BCUT2D eigenvalue weighted by Gasteiger charge is -2.41. The van der Waals surface area contributed by atoms with Gasteiger partial charge in [-0.1, -0.05) is 62.3 Å². The molecule has 0 heterocycles. The maximum absolute atomic E-state index is 2.42. The van der Waals surface area contributed by atoms with Gasteiger partial charge in [-0.25, -0.2) is 0 Å². The number of hydrogen-bond acceptors (Lipinski definition) is 0. The quantitative estimate of drug-likeness (QED) is 0.574. The fourth-order valence-corrected chi connectivity index (χ4v) is 1.86. The molecule has 92 valence electrons. The first kappa shape index (κ1) is 15.0. The molecule has 0 N–H and O–H groups in total. The molecule has 0 amide bonds. The first-order valence-electron chi connectivity index (χ1n) is 6.51. The van der Waals surface area contributed by atoms with Crippen LogP contribution >= 0.6 is 0 Å². The molecule has 0 fully saturated rings. The van der Waals surface area contributed by atoms with Crippen LogP contribution in [0, 0.1) is 28.6 Å². The van der Waals surface area contributed by atoms with Gasteiger partial charge in [0.2, 0.25) is 0 Å². The highest BCUT2D eigenvalue weighted by Crippen LogP contribution is 2.43. The van der Waals surface area contributed by atoms with Crippen LogP contribution in [0.5, 0.6) is 0 Å². The third kappa shape index (κ3) is 3.81. The van der Waals surface area contributed by atoms with Crippen LogP contribution in [0.4, 0.5) is 0 Å². The molecule has 0 radical (unpaired) electrons. The summed E-state index contributed by atoms with van der Waals surface area (Å²) in [5, 5.41) is 0. The summed E-state index contributed by atoms with van der Waals surface area (Å²) in [7, 11) is 0. The van der Waals surface area contributed by atoms with Gasteiger partial charge in [0, 0.05) is 0 Å². The van der Waals surface area contributed by atoms with E-state index in [-0.39, 0.29) is 0 Å². The van der Waals surface area contributed by atoms with E-state index in [4.69, 9.17) is 0 Å². The lowest BCUT2D eigenvalue weighted by atomic mass is 9.64. The fraction of sp³-hybridized carbons (Fsp3) is 1.00. The molecule has 0 aliphatic rings. The van der Waals surface area contributed by atoms with Crippen LogP contribution in [0.3, 0.4) is 0 Å². The Labute approximate surface area is 97.8 Å². The zero-order valence-electron chi connectivity index (χ0n) is 12.4. The summed E-state index contributed by atoms with van der Waals surface area (Å²) in [6, 6.07) is 0. The third-order valence-electron chi connectivity index (χ3n) is 5.15. The Morgan fingerprint density at radius 3 is 1.40 bits per heavy atom. The normalized spacial score (nSPS) is 16.2. The molecule has 0 spiro atoms. The SMILES string of the molecule is CC(C)C(C)(C)CC(C)C(C)(C)C(C)C. The van der Waals surface area contributed by atoms with Crippen molar-refractivity contribution in [1.82, 2.24) is 0 Å². The van der Waals surface area contributed by atoms with E-state index < -0.39 is 0 Å². The van der Waals surface area contributed by atoms with Gasteiger partial charge in [0.25, 0.3) is 0 Å². The van der Waals surface area contributed by atoms with E-state index in [1.807, 2.05) is 0 Å². The van der Waals surface area contributed by atoms with Crippen molar-refractivity contribution in [1.29, 1.82) is 0 Å². The molecule has 0 saturated carbocycles. The summed E-state index contributed by atoms with van der Waals surface area (Å²) in [6.07, 6.45) is 1.33. The van der Waals surface area contributed by atoms with Crippen molar-refractivity contribution in [3.63, 3.8) is 0 Å². The maximum atomic E-state index is 2.42. The van der Waals surface area contributed by atoms with E-state index in [0.717, 1.165) is 17.8 Å². The maximum Gasteiger partial charge on any atom is -0.0305 e. The van der Waals surface area contributed by atoms with Gasteiger partial charge in [-0.15, -0.1) is 0 Å². The zero-order chi connectivity index (χ0) is 12.4. The van der Waals surface area contributed by atoms with Crippen molar-refractivity contribution in [3.05, 3.63) is 0 Å². The monoisotopic (exact) mass is 212 g/mol. The smallest absolute Gasteiger partial charge is 0.0305 e. The molecule has 0 aromatic heterocycles. The minimum atomic E-state index is 0.451. The molecule has 0 aromatic carbocycles. The van der Waals surface area contributed by atoms with Crippen molar-refractivity contribution in [2.75, 3.05) is 0 Å². The minimum absolute atomic E-state index is 0.451. The summed E-state index contributed by atoms with van der Waals surface area (Å²) < 4.78 is 0. The molecule has 0 saturated heterocycles. The van der Waals surface area contributed by atoms with Gasteiger partial charge < -0.3 is 0 Å². The van der Waals surface area contributed by atoms with Crippen LogP contribution in [-0.4, -0.2) is 0 Å². The second-order valence-corrected chi connectivity index (χ2v) is 7.22. The van der Waals surface area contributed by atoms with Gasteiger partial charge in [-0.2, -0.15) is 0 Å². The van der Waals surface area contributed by atoms with E-state index >= 15 is 0 Å². The van der Waals surface area contributed by atoms with Crippen LogP contribution in [0.25, 0.3) is 0 Å². The Kier molecular flexibility index (Phi) is 4.89. The summed E-state index contributed by atoms with van der Waals surface area (Å²) >= 11 is 0. The summed E-state index contributed by atoms with van der Waals surface area (Å²) in [5.74, 6) is 2.31. The molecular formula is C15H32. The van der Waals surface area contributed by atoms with Gasteiger partial charge in [-0.05, 0) is 35.0 Å². The Bertz CT molecular complexity index is 184. The van der Waals surface area contributed by atoms with E-state index in [0.29, 0.717) is 10.8 Å². The average molecular weight is 212 g/mol. The second-order valence-electron chi connectivity index (χ2n) is 7.22. The van der Waals surface area contributed by atoms with E-state index in [1.165, 1.54) is 6.42 Å². The molecule has 1 unspecified atom stereocenters. The highest BCUT2D eigenvalue weighted by Gasteiger charge is 2.34. The van der Waals surface area contributed by atoms with E-state index in [2.05, 4.69) is 62.3 Å². The summed E-state index contributed by atoms with van der Waals surface area (Å²) in [6.45, 7) is 21.4. The first-order chi connectivity index (χ1) is 6.51. The minimum Gasteiger partial charge on any atom is -0.0623 e. The van der Waals surface area contributed by atoms with Gasteiger partial charge in [0.05, 0.1) is 0 Å². The van der Waals surface area contributed by atoms with Crippen LogP contribution in [0.1, 0.15) is 68.7 Å². The molecule has 0 bridgehead atoms. The van der Waals surface area contributed by atoms with Gasteiger partial charge in [-0.3, -0.25) is 0 Å². The van der Waals surface area contributed by atoms with Crippen LogP contribution < -0.4 is 0 Å². The van der Waals surface area contributed by atoms with Gasteiger partial charge >= 0.3 is 0 Å². The molecule has 0 nitrogen and oxygen atoms in total. The Balaban J connectivity index is 4.56. The predicted octanol–water partition coefficient (Wildman–Crippen LogP) is 5.38. The molecule has 15 heavy (non-hydrogen) atoms. The van der Waals surface area contributed by atoms with Crippen molar-refractivity contribution < 1.29 is 0 Å². The van der Waals surface area contributed by atoms with Crippen molar-refractivity contribution in [2.45, 2.75) is 68.7 Å². The molecular weight excluding hydrogens is 180 g/mol. The lowest BCUT2D eigenvalue weighted by molar-refractivity contribution is 0.0834. The fourth-order valence-electron chi connectivity index (χ4n) is 1.86. The number of rotatable bonds is 5. The third-order valence-corrected chi connectivity index (χ3v) is 5.15. The Hall–Kier alpha value is 0. The van der Waals surface area contributed by atoms with E-state index in [9.17, 15) is 0 Å². The Morgan fingerprint density at radius 1 is 0.733 bits per heavy atom. The van der Waals surface area contributed by atoms with Crippen molar-refractivity contribution >= 4 is 0 Å². The molecule has 0 aliphatic carbocycles. The lowest BCUT2D eigenvalue weighted by Crippen LogP contribution is -2.33. The largest absolute Gasteiger partial charge is 0.0623 e. The molecule has 1 atom stereocenters. The summed E-state index contributed by atoms with van der Waals surface area (Å²) in [4.78, 5) is 0. The molecule has 0 aromatic rings. The topological polar surface area (TPSA) is 0 Å². The van der Waals surface area contributed by atoms with Crippen LogP contribution in [-0.2, 0) is 0 Å². The van der Waals surface area contributed by atoms with E-state index in [1.54, 1.807) is 0 Å². The van der Waals surface area contributed by atoms with Gasteiger partial charge in [0.15, 0.2) is 0 Å². The standard InChI is InChI=1S/C15H32/c1-11(2)14(6,7)10-13(5)15(8,9)12(3)4/h11-13H,10H2,1-9H3. The second kappa shape index (κ2) is 4.89. The molecule has 0 rings (SSSR count). The highest BCUT2D eigenvalue weighted by molar-refractivity contribution is 4.84. The van der Waals surface area contributed by atoms with Crippen molar-refractivity contribution in [2.24, 2.45) is 28.6 Å². The van der Waals surface area contributed by atoms with Crippen LogP contribution in [0.2, 0.25) is 0 Å². The summed E-state index contributed by atoms with van der Waals surface area (Å²) in [5.41, 5.74) is 0.914. The Morgan fingerprint density at radius 2 is 1.13 bits per heavy atom. The zero-order valence-corrected chi connectivity index (χ0v) is 12.4. The average Bonchev–Trinajstić information content (AvgIpc) is 2.02.